The van der Waals surface area contributed by atoms with Gasteiger partial charge in [-0.2, -0.15) is 0 Å². The molecule has 11 heteroatoms. The zero-order valence-corrected chi connectivity index (χ0v) is 21.1. The van der Waals surface area contributed by atoms with E-state index in [4.69, 9.17) is 4.74 Å². The van der Waals surface area contributed by atoms with Crippen molar-refractivity contribution in [1.82, 2.24) is 25.0 Å². The molecule has 1 amide bonds. The van der Waals surface area contributed by atoms with E-state index in [0.717, 1.165) is 69.8 Å². The SMILES string of the molecule is C[C@@H]1CCCc2cnc(nc2)Nc2ccc(cn2)S(=O)(=O)NCCCCCCCCCNC(=O)O1. The maximum absolute atomic E-state index is 12.5. The zero-order chi connectivity index (χ0) is 24.9. The first-order valence-corrected chi connectivity index (χ1v) is 13.9. The van der Waals surface area contributed by atoms with Gasteiger partial charge in [-0.25, -0.2) is 32.9 Å². The van der Waals surface area contributed by atoms with Crippen LogP contribution in [-0.4, -0.2) is 48.7 Å². The average Bonchev–Trinajstić information content (AvgIpc) is 2.83. The molecule has 2 aromatic heterocycles. The van der Waals surface area contributed by atoms with Gasteiger partial charge in [-0.05, 0) is 56.7 Å². The maximum Gasteiger partial charge on any atom is 0.407 e. The fraction of sp³-hybridized carbons (Fsp3) is 0.583. The van der Waals surface area contributed by atoms with Crippen LogP contribution in [-0.2, 0) is 21.2 Å². The van der Waals surface area contributed by atoms with Crippen molar-refractivity contribution in [2.45, 2.75) is 82.1 Å². The number of hydrogen-bond donors (Lipinski definition) is 3. The van der Waals surface area contributed by atoms with Gasteiger partial charge in [0.15, 0.2) is 0 Å². The van der Waals surface area contributed by atoms with Crippen LogP contribution in [0.2, 0.25) is 0 Å². The predicted molar refractivity (Wildman–Crippen MR) is 134 cm³/mol. The highest BCUT2D eigenvalue weighted by Crippen LogP contribution is 2.15. The molecule has 3 N–H and O–H groups in total. The number of carbonyl (C=O) groups is 1. The fourth-order valence-corrected chi connectivity index (χ4v) is 4.79. The highest BCUT2D eigenvalue weighted by atomic mass is 32.2. The number of sulfonamides is 1. The number of nitrogens with zero attached hydrogens (tertiary/aromatic N) is 3. The highest BCUT2D eigenvalue weighted by molar-refractivity contribution is 7.89. The molecular formula is C24H36N6O4S. The number of rotatable bonds is 0. The highest BCUT2D eigenvalue weighted by Gasteiger charge is 2.14. The van der Waals surface area contributed by atoms with Crippen LogP contribution in [0.5, 0.6) is 0 Å². The number of anilines is 2. The molecule has 0 aromatic carbocycles. The summed E-state index contributed by atoms with van der Waals surface area (Å²) in [4.78, 5) is 24.9. The lowest BCUT2D eigenvalue weighted by molar-refractivity contribution is 0.101. The van der Waals surface area contributed by atoms with Crippen LogP contribution in [0.4, 0.5) is 16.6 Å². The standard InChI is InChI=1S/C24H36N6O4S/c1-19-10-9-11-20-16-27-23(28-17-20)30-22-13-12-21(18-26-22)35(32,33)29-15-8-6-4-2-3-5-7-14-25-24(31)34-19/h12-13,16-19,29H,2-11,14-15H2,1H3,(H,25,31)(H,26,27,28,30)/t19-/m1/s1. The number of hydrogen-bond acceptors (Lipinski definition) is 8. The Morgan fingerprint density at radius 2 is 1.57 bits per heavy atom. The molecule has 5 rings (SSSR count). The molecule has 2 aromatic rings. The summed E-state index contributed by atoms with van der Waals surface area (Å²) >= 11 is 0. The van der Waals surface area contributed by atoms with Gasteiger partial charge in [-0.15, -0.1) is 0 Å². The molecule has 1 atom stereocenters. The number of ether oxygens (including phenoxy) is 1. The Kier molecular flexibility index (Phi) is 10.7. The Morgan fingerprint density at radius 3 is 2.26 bits per heavy atom. The third-order valence-electron chi connectivity index (χ3n) is 5.79. The van der Waals surface area contributed by atoms with Gasteiger partial charge >= 0.3 is 6.09 Å². The molecule has 3 aliphatic heterocycles. The van der Waals surface area contributed by atoms with Crippen LogP contribution in [0.1, 0.15) is 70.3 Å². The van der Waals surface area contributed by atoms with Crippen LogP contribution >= 0.6 is 0 Å². The minimum atomic E-state index is -3.59. The summed E-state index contributed by atoms with van der Waals surface area (Å²) in [6.07, 6.45) is 13.6. The Bertz CT molecular complexity index is 1020. The Balaban J connectivity index is 1.59. The van der Waals surface area contributed by atoms with Crippen molar-refractivity contribution >= 4 is 27.9 Å². The predicted octanol–water partition coefficient (Wildman–Crippen LogP) is 4.08. The van der Waals surface area contributed by atoms with Gasteiger partial charge < -0.3 is 15.4 Å². The van der Waals surface area contributed by atoms with E-state index in [-0.39, 0.29) is 17.1 Å². The summed E-state index contributed by atoms with van der Waals surface area (Å²) in [7, 11) is -3.59. The number of pyridine rings is 1. The molecule has 0 saturated heterocycles. The quantitative estimate of drug-likeness (QED) is 0.488. The Morgan fingerprint density at radius 1 is 0.886 bits per heavy atom. The molecule has 0 aliphatic carbocycles. The summed E-state index contributed by atoms with van der Waals surface area (Å²) in [5.74, 6) is 0.832. The molecule has 5 heterocycles. The number of fused-ring (bicyclic) bond motifs is 2. The van der Waals surface area contributed by atoms with Crippen molar-refractivity contribution in [2.24, 2.45) is 0 Å². The van der Waals surface area contributed by atoms with Crippen molar-refractivity contribution in [2.75, 3.05) is 18.4 Å². The molecule has 0 unspecified atom stereocenters. The largest absolute Gasteiger partial charge is 0.447 e. The van der Waals surface area contributed by atoms with Crippen molar-refractivity contribution in [3.05, 3.63) is 36.3 Å². The monoisotopic (exact) mass is 504 g/mol. The third-order valence-corrected chi connectivity index (χ3v) is 7.24. The zero-order valence-electron chi connectivity index (χ0n) is 20.3. The molecule has 35 heavy (non-hydrogen) atoms. The van der Waals surface area contributed by atoms with E-state index in [1.807, 2.05) is 6.92 Å². The molecule has 3 aliphatic rings. The molecule has 0 spiro atoms. The van der Waals surface area contributed by atoms with E-state index < -0.39 is 10.0 Å². The first kappa shape index (κ1) is 26.8. The Hall–Kier alpha value is -2.79. The molecule has 10 nitrogen and oxygen atoms in total. The van der Waals surface area contributed by atoms with Crippen molar-refractivity contribution < 1.29 is 17.9 Å². The lowest BCUT2D eigenvalue weighted by Gasteiger charge is -2.14. The molecule has 0 fully saturated rings. The smallest absolute Gasteiger partial charge is 0.407 e. The van der Waals surface area contributed by atoms with Gasteiger partial charge in [0.25, 0.3) is 0 Å². The van der Waals surface area contributed by atoms with Crippen LogP contribution in [0.3, 0.4) is 0 Å². The van der Waals surface area contributed by atoms with Crippen LogP contribution in [0.15, 0.2) is 35.6 Å². The van der Waals surface area contributed by atoms with Crippen molar-refractivity contribution in [3.8, 4) is 0 Å². The van der Waals surface area contributed by atoms with E-state index in [0.29, 0.717) is 24.9 Å². The number of aromatic nitrogens is 3. The Labute approximate surface area is 207 Å². The summed E-state index contributed by atoms with van der Waals surface area (Å²) in [6, 6.07) is 3.11. The minimum Gasteiger partial charge on any atom is -0.447 e. The van der Waals surface area contributed by atoms with Gasteiger partial charge in [-0.1, -0.05) is 32.1 Å². The second-order valence-corrected chi connectivity index (χ2v) is 10.6. The molecule has 0 saturated carbocycles. The summed E-state index contributed by atoms with van der Waals surface area (Å²) < 4.78 is 33.1. The number of carbonyl (C=O) groups excluding carboxylic acids is 1. The van der Waals surface area contributed by atoms with Gasteiger partial charge in [0.2, 0.25) is 16.0 Å². The summed E-state index contributed by atoms with van der Waals surface area (Å²) in [5.41, 5.74) is 0.977. The topological polar surface area (TPSA) is 135 Å². The van der Waals surface area contributed by atoms with Crippen LogP contribution < -0.4 is 15.4 Å². The first-order valence-electron chi connectivity index (χ1n) is 12.4. The first-order chi connectivity index (χ1) is 16.9. The fourth-order valence-electron chi connectivity index (χ4n) is 3.77. The van der Waals surface area contributed by atoms with Crippen LogP contribution in [0, 0.1) is 0 Å². The third kappa shape index (κ3) is 9.77. The lowest BCUT2D eigenvalue weighted by Crippen LogP contribution is -2.28. The number of amides is 1. The summed E-state index contributed by atoms with van der Waals surface area (Å²) in [6.45, 7) is 2.91. The van der Waals surface area contributed by atoms with Gasteiger partial charge in [0.05, 0.1) is 0 Å². The molecular weight excluding hydrogens is 468 g/mol. The van der Waals surface area contributed by atoms with E-state index in [2.05, 4.69) is 30.3 Å². The summed E-state index contributed by atoms with van der Waals surface area (Å²) in [5, 5.41) is 5.80. The van der Waals surface area contributed by atoms with Gasteiger partial charge in [0.1, 0.15) is 16.8 Å². The van der Waals surface area contributed by atoms with E-state index >= 15 is 0 Å². The van der Waals surface area contributed by atoms with E-state index in [1.165, 1.54) is 12.3 Å². The molecule has 0 radical (unpaired) electrons. The number of nitrogens with one attached hydrogen (secondary N) is 3. The van der Waals surface area contributed by atoms with E-state index in [1.54, 1.807) is 18.5 Å². The van der Waals surface area contributed by atoms with E-state index in [9.17, 15) is 13.2 Å². The van der Waals surface area contributed by atoms with Crippen LogP contribution in [0.25, 0.3) is 0 Å². The lowest BCUT2D eigenvalue weighted by atomic mass is 10.1. The van der Waals surface area contributed by atoms with Crippen molar-refractivity contribution in [3.63, 3.8) is 0 Å². The second kappa shape index (κ2) is 13.9. The molecule has 4 bridgehead atoms. The minimum absolute atomic E-state index is 0.127. The van der Waals surface area contributed by atoms with Gasteiger partial charge in [-0.3, -0.25) is 0 Å². The second-order valence-electron chi connectivity index (χ2n) is 8.83. The molecule has 192 valence electrons. The normalized spacial score (nSPS) is 21.3. The van der Waals surface area contributed by atoms with Gasteiger partial charge in [0, 0.05) is 31.7 Å². The van der Waals surface area contributed by atoms with Crippen molar-refractivity contribution in [1.29, 1.82) is 0 Å². The number of aryl methyl sites for hydroxylation is 1. The number of alkyl carbamates (subject to hydrolysis) is 1. The maximum atomic E-state index is 12.5. The average molecular weight is 505 g/mol.